The molecule has 0 heterocycles. The van der Waals surface area contributed by atoms with E-state index < -0.39 is 0 Å². The molecule has 0 spiro atoms. The Kier molecular flexibility index (Phi) is 5.03. The van der Waals surface area contributed by atoms with Crippen molar-refractivity contribution in [1.29, 1.82) is 0 Å². The Morgan fingerprint density at radius 1 is 1.05 bits per heavy atom. The molecule has 0 aliphatic heterocycles. The molecule has 0 aliphatic carbocycles. The quantitative estimate of drug-likeness (QED) is 0.824. The molecule has 1 unspecified atom stereocenters. The monoisotopic (exact) mass is 311 g/mol. The molecule has 0 bridgehead atoms. The third-order valence-electron chi connectivity index (χ3n) is 3.20. The maximum Gasteiger partial charge on any atom is 0.126 e. The minimum absolute atomic E-state index is 0.0333. The number of nitrogens with one attached hydrogen (secondary N) is 1. The van der Waals surface area contributed by atoms with Crippen LogP contribution in [0.4, 0.5) is 4.39 Å². The van der Waals surface area contributed by atoms with Crippen LogP contribution in [0, 0.1) is 12.7 Å². The zero-order valence-corrected chi connectivity index (χ0v) is 12.9. The van der Waals surface area contributed by atoms with Gasteiger partial charge in [0.2, 0.25) is 0 Å². The first kappa shape index (κ1) is 15.3. The predicted octanol–water partition coefficient (Wildman–Crippen LogP) is 5.14. The molecule has 0 radical (unpaired) electrons. The SMILES string of the molecule is CCNC(c1ccc(F)c(C)c1)c1ccc(Cl)c(Cl)c1. The summed E-state index contributed by atoms with van der Waals surface area (Å²) in [5.74, 6) is -0.196. The van der Waals surface area contributed by atoms with E-state index >= 15 is 0 Å². The van der Waals surface area contributed by atoms with Gasteiger partial charge in [-0.1, -0.05) is 48.3 Å². The Morgan fingerprint density at radius 2 is 1.70 bits per heavy atom. The molecular weight excluding hydrogens is 296 g/mol. The molecule has 2 aromatic carbocycles. The maximum absolute atomic E-state index is 13.4. The zero-order valence-electron chi connectivity index (χ0n) is 11.4. The molecule has 0 saturated heterocycles. The van der Waals surface area contributed by atoms with Gasteiger partial charge in [-0.2, -0.15) is 0 Å². The fraction of sp³-hybridized carbons (Fsp3) is 0.250. The lowest BCUT2D eigenvalue weighted by atomic mass is 9.97. The van der Waals surface area contributed by atoms with Crippen molar-refractivity contribution < 1.29 is 4.39 Å². The van der Waals surface area contributed by atoms with Crippen LogP contribution in [0.15, 0.2) is 36.4 Å². The van der Waals surface area contributed by atoms with Crippen molar-refractivity contribution in [1.82, 2.24) is 5.32 Å². The molecule has 0 aliphatic rings. The highest BCUT2D eigenvalue weighted by Gasteiger charge is 2.15. The van der Waals surface area contributed by atoms with Crippen molar-refractivity contribution in [2.24, 2.45) is 0 Å². The van der Waals surface area contributed by atoms with Crippen molar-refractivity contribution in [3.63, 3.8) is 0 Å². The largest absolute Gasteiger partial charge is 0.307 e. The van der Waals surface area contributed by atoms with Gasteiger partial charge < -0.3 is 5.32 Å². The van der Waals surface area contributed by atoms with Crippen molar-refractivity contribution in [2.75, 3.05) is 6.54 Å². The van der Waals surface area contributed by atoms with Crippen LogP contribution < -0.4 is 5.32 Å². The van der Waals surface area contributed by atoms with Crippen molar-refractivity contribution in [3.05, 3.63) is 69.0 Å². The highest BCUT2D eigenvalue weighted by molar-refractivity contribution is 6.42. The lowest BCUT2D eigenvalue weighted by molar-refractivity contribution is 0.606. The van der Waals surface area contributed by atoms with Gasteiger partial charge >= 0.3 is 0 Å². The number of halogens is 3. The summed E-state index contributed by atoms with van der Waals surface area (Å²) in [6, 6.07) is 10.7. The molecule has 20 heavy (non-hydrogen) atoms. The number of hydrogen-bond acceptors (Lipinski definition) is 1. The van der Waals surface area contributed by atoms with E-state index in [4.69, 9.17) is 23.2 Å². The Morgan fingerprint density at radius 3 is 2.30 bits per heavy atom. The lowest BCUT2D eigenvalue weighted by Crippen LogP contribution is -2.22. The third kappa shape index (κ3) is 3.32. The van der Waals surface area contributed by atoms with E-state index in [-0.39, 0.29) is 11.9 Å². The Bertz CT molecular complexity index is 562. The summed E-state index contributed by atoms with van der Waals surface area (Å²) in [4.78, 5) is 0. The van der Waals surface area contributed by atoms with Crippen LogP contribution in [0.1, 0.15) is 29.7 Å². The highest BCUT2D eigenvalue weighted by atomic mass is 35.5. The van der Waals surface area contributed by atoms with Crippen LogP contribution in [0.3, 0.4) is 0 Å². The van der Waals surface area contributed by atoms with Crippen LogP contribution in [0.2, 0.25) is 10.0 Å². The number of aryl methyl sites for hydroxylation is 1. The summed E-state index contributed by atoms with van der Waals surface area (Å²) < 4.78 is 13.4. The highest BCUT2D eigenvalue weighted by Crippen LogP contribution is 2.29. The Hall–Kier alpha value is -1.09. The summed E-state index contributed by atoms with van der Waals surface area (Å²) in [6.45, 7) is 4.58. The molecule has 106 valence electrons. The second-order valence-corrected chi connectivity index (χ2v) is 5.49. The molecule has 1 nitrogen and oxygen atoms in total. The van der Waals surface area contributed by atoms with Gasteiger partial charge in [-0.3, -0.25) is 0 Å². The van der Waals surface area contributed by atoms with E-state index in [0.717, 1.165) is 17.7 Å². The van der Waals surface area contributed by atoms with Crippen molar-refractivity contribution in [3.8, 4) is 0 Å². The summed E-state index contributed by atoms with van der Waals surface area (Å²) in [5, 5.41) is 4.43. The van der Waals surface area contributed by atoms with Gasteiger partial charge in [-0.25, -0.2) is 4.39 Å². The van der Waals surface area contributed by atoms with E-state index in [1.54, 1.807) is 19.1 Å². The molecule has 0 saturated carbocycles. The normalized spacial score (nSPS) is 12.4. The van der Waals surface area contributed by atoms with Crippen LogP contribution in [-0.2, 0) is 0 Å². The summed E-state index contributed by atoms with van der Waals surface area (Å²) >= 11 is 12.0. The average molecular weight is 312 g/mol. The van der Waals surface area contributed by atoms with Crippen LogP contribution >= 0.6 is 23.2 Å². The van der Waals surface area contributed by atoms with E-state index in [1.165, 1.54) is 6.07 Å². The lowest BCUT2D eigenvalue weighted by Gasteiger charge is -2.20. The first-order chi connectivity index (χ1) is 9.52. The smallest absolute Gasteiger partial charge is 0.126 e. The van der Waals surface area contributed by atoms with Gasteiger partial charge in [-0.05, 0) is 48.4 Å². The van der Waals surface area contributed by atoms with E-state index in [1.807, 2.05) is 25.1 Å². The average Bonchev–Trinajstić information content (AvgIpc) is 2.43. The molecular formula is C16H16Cl2FN. The summed E-state index contributed by atoms with van der Waals surface area (Å²) in [6.07, 6.45) is 0. The van der Waals surface area contributed by atoms with E-state index in [9.17, 15) is 4.39 Å². The van der Waals surface area contributed by atoms with Gasteiger partial charge in [0.25, 0.3) is 0 Å². The van der Waals surface area contributed by atoms with E-state index in [0.29, 0.717) is 15.6 Å². The van der Waals surface area contributed by atoms with Crippen molar-refractivity contribution >= 4 is 23.2 Å². The third-order valence-corrected chi connectivity index (χ3v) is 3.94. The van der Waals surface area contributed by atoms with Crippen LogP contribution in [0.25, 0.3) is 0 Å². The standard InChI is InChI=1S/C16H16Cl2FN/c1-3-20-16(11-5-7-15(19)10(2)8-11)12-4-6-13(17)14(18)9-12/h4-9,16,20H,3H2,1-2H3. The summed E-state index contributed by atoms with van der Waals surface area (Å²) in [7, 11) is 0. The van der Waals surface area contributed by atoms with Crippen LogP contribution in [-0.4, -0.2) is 6.54 Å². The second-order valence-electron chi connectivity index (χ2n) is 4.67. The fourth-order valence-corrected chi connectivity index (χ4v) is 2.48. The van der Waals surface area contributed by atoms with Gasteiger partial charge in [0.05, 0.1) is 16.1 Å². The molecule has 2 aromatic rings. The van der Waals surface area contributed by atoms with Crippen LogP contribution in [0.5, 0.6) is 0 Å². The molecule has 1 N–H and O–H groups in total. The Balaban J connectivity index is 2.44. The van der Waals surface area contributed by atoms with Gasteiger partial charge in [0.15, 0.2) is 0 Å². The van der Waals surface area contributed by atoms with Crippen molar-refractivity contribution in [2.45, 2.75) is 19.9 Å². The molecule has 1 atom stereocenters. The van der Waals surface area contributed by atoms with Gasteiger partial charge in [0, 0.05) is 0 Å². The number of rotatable bonds is 4. The summed E-state index contributed by atoms with van der Waals surface area (Å²) in [5.41, 5.74) is 2.64. The minimum Gasteiger partial charge on any atom is -0.307 e. The molecule has 4 heteroatoms. The predicted molar refractivity (Wildman–Crippen MR) is 83.1 cm³/mol. The number of benzene rings is 2. The molecule has 2 rings (SSSR count). The van der Waals surface area contributed by atoms with Gasteiger partial charge in [-0.15, -0.1) is 0 Å². The zero-order chi connectivity index (χ0) is 14.7. The molecule has 0 aromatic heterocycles. The topological polar surface area (TPSA) is 12.0 Å². The number of hydrogen-bond donors (Lipinski definition) is 1. The minimum atomic E-state index is -0.196. The Labute approximate surface area is 128 Å². The van der Waals surface area contributed by atoms with E-state index in [2.05, 4.69) is 5.32 Å². The second kappa shape index (κ2) is 6.57. The molecule has 0 amide bonds. The maximum atomic E-state index is 13.4. The first-order valence-corrected chi connectivity index (χ1v) is 7.23. The molecule has 0 fully saturated rings. The first-order valence-electron chi connectivity index (χ1n) is 6.47. The fourth-order valence-electron chi connectivity index (χ4n) is 2.17. The van der Waals surface area contributed by atoms with Gasteiger partial charge in [0.1, 0.15) is 5.82 Å².